The van der Waals surface area contributed by atoms with Gasteiger partial charge in [-0.1, -0.05) is 6.08 Å². The second-order valence-corrected chi connectivity index (χ2v) is 6.56. The molecular weight excluding hydrogens is 296 g/mol. The van der Waals surface area contributed by atoms with Crippen LogP contribution >= 0.6 is 0 Å². The highest BCUT2D eigenvalue weighted by Crippen LogP contribution is 2.25. The van der Waals surface area contributed by atoms with E-state index in [9.17, 15) is 9.59 Å². The van der Waals surface area contributed by atoms with Gasteiger partial charge in [0.2, 0.25) is 0 Å². The number of nitrogens with zero attached hydrogens (tertiary/aromatic N) is 2. The van der Waals surface area contributed by atoms with Crippen LogP contribution in [0, 0.1) is 0 Å². The number of carbonyl (C=O) groups excluding carboxylic acids is 2. The topological polar surface area (TPSA) is 60.8 Å². The van der Waals surface area contributed by atoms with Gasteiger partial charge in [0, 0.05) is 25.8 Å². The van der Waals surface area contributed by atoms with Crippen LogP contribution in [0.2, 0.25) is 0 Å². The first-order valence-corrected chi connectivity index (χ1v) is 7.64. The minimum Gasteiger partial charge on any atom is -0.464 e. The van der Waals surface area contributed by atoms with Gasteiger partial charge in [-0.2, -0.15) is 0 Å². The second kappa shape index (κ2) is 6.48. The molecule has 0 saturated carbocycles. The molecule has 126 valence electrons. The van der Waals surface area contributed by atoms with Crippen molar-refractivity contribution in [1.29, 1.82) is 0 Å². The van der Waals surface area contributed by atoms with Crippen molar-refractivity contribution in [3.8, 4) is 0 Å². The summed E-state index contributed by atoms with van der Waals surface area (Å²) < 4.78 is 12.0. The highest BCUT2D eigenvalue weighted by Gasteiger charge is 2.25. The minimum absolute atomic E-state index is 0.296. The van der Waals surface area contributed by atoms with Gasteiger partial charge in [-0.25, -0.2) is 9.59 Å². The molecule has 0 bridgehead atoms. The zero-order valence-corrected chi connectivity index (χ0v) is 14.4. The van der Waals surface area contributed by atoms with E-state index in [1.54, 1.807) is 11.0 Å². The van der Waals surface area contributed by atoms with Crippen LogP contribution in [0.25, 0.3) is 5.57 Å². The summed E-state index contributed by atoms with van der Waals surface area (Å²) in [6.07, 6.45) is 2.43. The van der Waals surface area contributed by atoms with Crippen molar-refractivity contribution >= 4 is 17.6 Å². The summed E-state index contributed by atoms with van der Waals surface area (Å²) in [5.41, 5.74) is 2.10. The molecule has 1 aliphatic heterocycles. The van der Waals surface area contributed by atoms with Crippen molar-refractivity contribution < 1.29 is 19.1 Å². The lowest BCUT2D eigenvalue weighted by molar-refractivity contribution is 0.0270. The molecule has 1 aromatic heterocycles. The van der Waals surface area contributed by atoms with Gasteiger partial charge in [0.25, 0.3) is 0 Å². The van der Waals surface area contributed by atoms with Crippen LogP contribution in [0.3, 0.4) is 0 Å². The molecule has 2 heterocycles. The van der Waals surface area contributed by atoms with E-state index < -0.39 is 5.60 Å². The number of amides is 1. The lowest BCUT2D eigenvalue weighted by atomic mass is 10.1. The van der Waals surface area contributed by atoms with E-state index in [1.165, 1.54) is 7.11 Å². The zero-order valence-electron chi connectivity index (χ0n) is 14.4. The van der Waals surface area contributed by atoms with Crippen LogP contribution in [0.5, 0.6) is 0 Å². The summed E-state index contributed by atoms with van der Waals surface area (Å²) in [4.78, 5) is 25.4. The third-order valence-electron chi connectivity index (χ3n) is 3.71. The smallest absolute Gasteiger partial charge is 0.410 e. The maximum Gasteiger partial charge on any atom is 0.410 e. The Labute approximate surface area is 136 Å². The van der Waals surface area contributed by atoms with Crippen molar-refractivity contribution in [1.82, 2.24) is 9.47 Å². The Morgan fingerprint density at radius 2 is 1.91 bits per heavy atom. The summed E-state index contributed by atoms with van der Waals surface area (Å²) in [6.45, 7) is 6.67. The Kier molecular flexibility index (Phi) is 4.82. The fourth-order valence-electron chi connectivity index (χ4n) is 2.54. The molecule has 0 fully saturated rings. The Morgan fingerprint density at radius 3 is 2.43 bits per heavy atom. The molecule has 1 amide bonds. The van der Waals surface area contributed by atoms with Crippen molar-refractivity contribution in [2.45, 2.75) is 32.8 Å². The average molecular weight is 320 g/mol. The van der Waals surface area contributed by atoms with Gasteiger partial charge in [-0.3, -0.25) is 0 Å². The quantitative estimate of drug-likeness (QED) is 0.786. The zero-order chi connectivity index (χ0) is 17.2. The molecule has 0 N–H and O–H groups in total. The second-order valence-electron chi connectivity index (χ2n) is 6.56. The first-order chi connectivity index (χ1) is 10.7. The molecule has 6 nitrogen and oxygen atoms in total. The van der Waals surface area contributed by atoms with Gasteiger partial charge in [0.05, 0.1) is 7.11 Å². The maximum absolute atomic E-state index is 12.1. The number of aromatic nitrogens is 1. The van der Waals surface area contributed by atoms with E-state index in [4.69, 9.17) is 9.47 Å². The highest BCUT2D eigenvalue weighted by molar-refractivity contribution is 5.88. The van der Waals surface area contributed by atoms with Crippen molar-refractivity contribution in [2.75, 3.05) is 20.2 Å². The first kappa shape index (κ1) is 17.1. The number of hydrogen-bond donors (Lipinski definition) is 0. The van der Waals surface area contributed by atoms with E-state index in [1.807, 2.05) is 44.5 Å². The fourth-order valence-corrected chi connectivity index (χ4v) is 2.54. The van der Waals surface area contributed by atoms with E-state index in [2.05, 4.69) is 0 Å². The molecule has 0 unspecified atom stereocenters. The fraction of sp³-hybridized carbons (Fsp3) is 0.529. The third-order valence-corrected chi connectivity index (χ3v) is 3.71. The lowest BCUT2D eigenvalue weighted by Crippen LogP contribution is -2.39. The Bertz CT molecular complexity index is 638. The summed E-state index contributed by atoms with van der Waals surface area (Å²) >= 11 is 0. The molecule has 6 heteroatoms. The van der Waals surface area contributed by atoms with Crippen LogP contribution in [0.1, 0.15) is 43.4 Å². The Hall–Kier alpha value is -2.24. The molecule has 0 aromatic carbocycles. The van der Waals surface area contributed by atoms with Gasteiger partial charge in [-0.05, 0) is 44.9 Å². The van der Waals surface area contributed by atoms with Crippen LogP contribution in [-0.4, -0.2) is 47.3 Å². The monoisotopic (exact) mass is 320 g/mol. The Balaban J connectivity index is 2.09. The number of esters is 1. The van der Waals surface area contributed by atoms with E-state index >= 15 is 0 Å². The highest BCUT2D eigenvalue weighted by atomic mass is 16.6. The van der Waals surface area contributed by atoms with Crippen LogP contribution < -0.4 is 0 Å². The van der Waals surface area contributed by atoms with Crippen LogP contribution in [0.15, 0.2) is 18.2 Å². The van der Waals surface area contributed by atoms with Gasteiger partial charge >= 0.3 is 12.1 Å². The van der Waals surface area contributed by atoms with Crippen molar-refractivity contribution in [3.63, 3.8) is 0 Å². The van der Waals surface area contributed by atoms with Crippen LogP contribution in [0.4, 0.5) is 4.79 Å². The number of ether oxygens (including phenoxy) is 2. The third kappa shape index (κ3) is 3.94. The molecule has 0 atom stereocenters. The molecule has 1 aromatic rings. The predicted molar refractivity (Wildman–Crippen MR) is 87.2 cm³/mol. The minimum atomic E-state index is -0.491. The van der Waals surface area contributed by atoms with Gasteiger partial charge in [0.15, 0.2) is 0 Å². The normalized spacial score (nSPS) is 15.2. The molecule has 0 spiro atoms. The number of hydrogen-bond acceptors (Lipinski definition) is 4. The molecule has 1 aliphatic rings. The standard InChI is InChI=1S/C17H24N2O4/c1-17(2,3)23-16(21)19-10-8-12(9-11-19)13-6-7-14(18(13)4)15(20)22-5/h6-8H,9-11H2,1-5H3. The van der Waals surface area contributed by atoms with Crippen molar-refractivity contribution in [3.05, 3.63) is 29.6 Å². The van der Waals surface area contributed by atoms with Gasteiger partial charge in [0.1, 0.15) is 11.3 Å². The molecule has 0 saturated heterocycles. The van der Waals surface area contributed by atoms with Gasteiger partial charge in [-0.15, -0.1) is 0 Å². The SMILES string of the molecule is COC(=O)c1ccc(C2=CCN(C(=O)OC(C)(C)C)CC2)n1C. The summed E-state index contributed by atoms with van der Waals surface area (Å²) in [5, 5.41) is 0. The first-order valence-electron chi connectivity index (χ1n) is 7.64. The number of methoxy groups -OCH3 is 1. The Morgan fingerprint density at radius 1 is 1.22 bits per heavy atom. The van der Waals surface area contributed by atoms with E-state index in [0.29, 0.717) is 18.8 Å². The van der Waals surface area contributed by atoms with Gasteiger partial charge < -0.3 is 18.9 Å². The molecule has 0 radical (unpaired) electrons. The van der Waals surface area contributed by atoms with Crippen molar-refractivity contribution in [2.24, 2.45) is 7.05 Å². The number of carbonyl (C=O) groups is 2. The number of rotatable bonds is 2. The average Bonchev–Trinajstić information content (AvgIpc) is 2.86. The molecular formula is C17H24N2O4. The molecule has 2 rings (SSSR count). The molecule has 0 aliphatic carbocycles. The maximum atomic E-state index is 12.1. The molecule has 23 heavy (non-hydrogen) atoms. The lowest BCUT2D eigenvalue weighted by Gasteiger charge is -2.29. The summed E-state index contributed by atoms with van der Waals surface area (Å²) in [5.74, 6) is -0.356. The van der Waals surface area contributed by atoms with E-state index in [-0.39, 0.29) is 12.1 Å². The predicted octanol–water partition coefficient (Wildman–Crippen LogP) is 2.84. The summed E-state index contributed by atoms with van der Waals surface area (Å²) in [7, 11) is 3.20. The largest absolute Gasteiger partial charge is 0.464 e. The van der Waals surface area contributed by atoms with Crippen LogP contribution in [-0.2, 0) is 16.5 Å². The van der Waals surface area contributed by atoms with E-state index in [0.717, 1.165) is 17.7 Å². The summed E-state index contributed by atoms with van der Waals surface area (Å²) in [6, 6.07) is 3.66.